The van der Waals surface area contributed by atoms with Crippen LogP contribution in [0, 0.1) is 0 Å². The molecule has 0 radical (unpaired) electrons. The molecule has 0 aromatic heterocycles. The van der Waals surface area contributed by atoms with Crippen LogP contribution in [-0.2, 0) is 104 Å². The molecule has 0 unspecified atom stereocenters. The van der Waals surface area contributed by atoms with Gasteiger partial charge in [0.2, 0.25) is 0 Å². The molecule has 1 spiro atoms. The molecular formula is C54H59O14P3. The summed E-state index contributed by atoms with van der Waals surface area (Å²) in [6, 6.07) is 55.2. The van der Waals surface area contributed by atoms with E-state index in [1.54, 1.807) is 0 Å². The SMILES string of the molecule is O=P(OCc1ccccc1)(OCc1ccccc1)O[C@@H]1[C@H]2OC3(CCCCC3)O[C@H]2[C@@H](OP(=O)(OCc2ccccc2)OCc2ccccc2)C[C@H]1OP(=O)(OCc1ccccc1)OCc1ccccc1. The van der Waals surface area contributed by atoms with Crippen molar-refractivity contribution < 1.29 is 63.9 Å². The number of phosphoric acid groups is 3. The average Bonchev–Trinajstić information content (AvgIpc) is 3.79. The third kappa shape index (κ3) is 14.6. The van der Waals surface area contributed by atoms with Crippen molar-refractivity contribution in [2.75, 3.05) is 0 Å². The van der Waals surface area contributed by atoms with E-state index in [0.717, 1.165) is 30.4 Å². The number of fused-ring (bicyclic) bond motifs is 1. The number of benzene rings is 6. The lowest BCUT2D eigenvalue weighted by Crippen LogP contribution is -2.56. The van der Waals surface area contributed by atoms with E-state index in [-0.39, 0.29) is 46.1 Å². The summed E-state index contributed by atoms with van der Waals surface area (Å²) in [4.78, 5) is 0. The quantitative estimate of drug-likeness (QED) is 0.0528. The van der Waals surface area contributed by atoms with Crippen molar-refractivity contribution >= 4 is 23.5 Å². The maximum absolute atomic E-state index is 15.4. The standard InChI is InChI=1S/C54H59O14P3/c55-69(58-37-43-22-8-1-9-23-43,59-38-44-24-10-2-11-25-44)66-49-36-50(67-70(56,60-39-45-26-12-3-13-27-45)61-40-46-28-14-4-15-29-46)52(53-51(49)64-54(65-53)34-20-7-21-35-54)68-71(57,62-41-47-30-16-5-17-31-47)63-42-48-32-18-6-19-33-48/h1-6,8-19,22-33,49-53H,7,20-21,34-42H2/t49-,50+,51-,52-,53-/m0/s1. The molecular weight excluding hydrogens is 966 g/mol. The summed E-state index contributed by atoms with van der Waals surface area (Å²) >= 11 is 0. The largest absolute Gasteiger partial charge is 0.475 e. The Morgan fingerprint density at radius 1 is 0.366 bits per heavy atom. The highest BCUT2D eigenvalue weighted by Crippen LogP contribution is 2.62. The zero-order valence-electron chi connectivity index (χ0n) is 39.2. The van der Waals surface area contributed by atoms with Crippen LogP contribution in [0.5, 0.6) is 0 Å². The van der Waals surface area contributed by atoms with E-state index in [1.165, 1.54) is 0 Å². The van der Waals surface area contributed by atoms with E-state index >= 15 is 13.7 Å². The second-order valence-electron chi connectivity index (χ2n) is 17.6. The first-order valence-electron chi connectivity index (χ1n) is 24.0. The Bertz CT molecular complexity index is 2540. The van der Waals surface area contributed by atoms with E-state index < -0.39 is 59.8 Å². The fraction of sp³-hybridized carbons (Fsp3) is 0.333. The lowest BCUT2D eigenvalue weighted by atomic mass is 9.87. The molecule has 0 bridgehead atoms. The molecule has 2 aliphatic carbocycles. The molecule has 1 saturated heterocycles. The maximum atomic E-state index is 15.4. The van der Waals surface area contributed by atoms with Gasteiger partial charge in [0, 0.05) is 19.3 Å². The van der Waals surface area contributed by atoms with Gasteiger partial charge in [0.1, 0.15) is 30.5 Å². The van der Waals surface area contributed by atoms with Crippen LogP contribution in [0.15, 0.2) is 182 Å². The molecule has 17 heteroatoms. The number of phosphoric ester groups is 3. The molecule has 71 heavy (non-hydrogen) atoms. The molecule has 1 heterocycles. The molecule has 3 aliphatic rings. The van der Waals surface area contributed by atoms with Crippen LogP contribution in [0.25, 0.3) is 0 Å². The van der Waals surface area contributed by atoms with Crippen LogP contribution >= 0.6 is 23.5 Å². The summed E-state index contributed by atoms with van der Waals surface area (Å²) < 4.78 is 117. The molecule has 9 rings (SSSR count). The summed E-state index contributed by atoms with van der Waals surface area (Å²) in [6.45, 7) is -0.838. The smallest absolute Gasteiger partial charge is 0.341 e. The normalized spacial score (nSPS) is 21.2. The van der Waals surface area contributed by atoms with Gasteiger partial charge in [-0.25, -0.2) is 13.7 Å². The molecule has 0 N–H and O–H groups in total. The third-order valence-electron chi connectivity index (χ3n) is 12.3. The van der Waals surface area contributed by atoms with Gasteiger partial charge in [-0.15, -0.1) is 0 Å². The van der Waals surface area contributed by atoms with E-state index in [9.17, 15) is 0 Å². The van der Waals surface area contributed by atoms with Crippen molar-refractivity contribution in [2.45, 2.75) is 114 Å². The third-order valence-corrected chi connectivity index (χ3v) is 16.6. The number of rotatable bonds is 24. The van der Waals surface area contributed by atoms with Crippen LogP contribution in [0.2, 0.25) is 0 Å². The summed E-state index contributed by atoms with van der Waals surface area (Å²) in [5.41, 5.74) is 4.27. The van der Waals surface area contributed by atoms with Gasteiger partial charge in [-0.3, -0.25) is 40.7 Å². The Morgan fingerprint density at radius 2 is 0.648 bits per heavy atom. The van der Waals surface area contributed by atoms with E-state index in [4.69, 9.17) is 50.2 Å². The van der Waals surface area contributed by atoms with Gasteiger partial charge in [0.25, 0.3) is 0 Å². The van der Waals surface area contributed by atoms with Gasteiger partial charge >= 0.3 is 23.5 Å². The monoisotopic (exact) mass is 1020 g/mol. The van der Waals surface area contributed by atoms with Crippen LogP contribution < -0.4 is 0 Å². The highest BCUT2D eigenvalue weighted by Gasteiger charge is 2.62. The van der Waals surface area contributed by atoms with Crippen molar-refractivity contribution in [3.63, 3.8) is 0 Å². The van der Waals surface area contributed by atoms with E-state index in [1.807, 2.05) is 182 Å². The minimum Gasteiger partial charge on any atom is -0.341 e. The number of hydrogen-bond donors (Lipinski definition) is 0. The van der Waals surface area contributed by atoms with E-state index in [2.05, 4.69) is 0 Å². The van der Waals surface area contributed by atoms with Gasteiger partial charge in [0.15, 0.2) is 5.79 Å². The Balaban J connectivity index is 1.10. The van der Waals surface area contributed by atoms with Gasteiger partial charge in [-0.05, 0) is 46.2 Å². The number of hydrogen-bond acceptors (Lipinski definition) is 14. The van der Waals surface area contributed by atoms with Crippen molar-refractivity contribution in [3.05, 3.63) is 215 Å². The highest BCUT2D eigenvalue weighted by atomic mass is 31.2. The van der Waals surface area contributed by atoms with Crippen LogP contribution in [0.3, 0.4) is 0 Å². The topological polar surface area (TPSA) is 153 Å². The van der Waals surface area contributed by atoms with Crippen molar-refractivity contribution in [1.29, 1.82) is 0 Å². The molecule has 5 atom stereocenters. The Kier molecular flexibility index (Phi) is 17.8. The highest BCUT2D eigenvalue weighted by molar-refractivity contribution is 7.49. The van der Waals surface area contributed by atoms with Crippen LogP contribution in [0.1, 0.15) is 71.9 Å². The first kappa shape index (κ1) is 51.5. The second-order valence-corrected chi connectivity index (χ2v) is 22.5. The predicted octanol–water partition coefficient (Wildman–Crippen LogP) is 13.6. The number of ether oxygens (including phenoxy) is 2. The Labute approximate surface area is 415 Å². The van der Waals surface area contributed by atoms with Crippen LogP contribution in [0.4, 0.5) is 0 Å². The van der Waals surface area contributed by atoms with Crippen molar-refractivity contribution in [3.8, 4) is 0 Å². The molecule has 2 saturated carbocycles. The van der Waals surface area contributed by atoms with Gasteiger partial charge in [0.05, 0.1) is 39.6 Å². The maximum Gasteiger partial charge on any atom is 0.475 e. The summed E-state index contributed by atoms with van der Waals surface area (Å²) in [7, 11) is -13.8. The Hall–Kier alpha value is -4.43. The molecule has 1 aliphatic heterocycles. The van der Waals surface area contributed by atoms with Gasteiger partial charge in [-0.1, -0.05) is 188 Å². The minimum absolute atomic E-state index is 0.114. The van der Waals surface area contributed by atoms with Gasteiger partial charge < -0.3 is 9.47 Å². The van der Waals surface area contributed by atoms with Gasteiger partial charge in [-0.2, -0.15) is 0 Å². The fourth-order valence-corrected chi connectivity index (χ4v) is 12.8. The van der Waals surface area contributed by atoms with Crippen molar-refractivity contribution in [2.24, 2.45) is 0 Å². The summed E-state index contributed by atoms with van der Waals surface area (Å²) in [5.74, 6) is -1.14. The predicted molar refractivity (Wildman–Crippen MR) is 265 cm³/mol. The second kappa shape index (κ2) is 24.5. The molecule has 14 nitrogen and oxygen atoms in total. The zero-order valence-corrected chi connectivity index (χ0v) is 41.9. The average molecular weight is 1020 g/mol. The lowest BCUT2D eigenvalue weighted by molar-refractivity contribution is -0.202. The Morgan fingerprint density at radius 3 is 0.972 bits per heavy atom. The zero-order chi connectivity index (χ0) is 48.8. The molecule has 374 valence electrons. The summed E-state index contributed by atoms with van der Waals surface area (Å²) in [6.07, 6.45) is -2.85. The van der Waals surface area contributed by atoms with Crippen molar-refractivity contribution in [1.82, 2.24) is 0 Å². The first-order chi connectivity index (χ1) is 34.6. The molecule has 3 fully saturated rings. The first-order valence-corrected chi connectivity index (χ1v) is 28.3. The minimum atomic E-state index is -4.64. The summed E-state index contributed by atoms with van der Waals surface area (Å²) in [5, 5.41) is 0. The van der Waals surface area contributed by atoms with E-state index in [0.29, 0.717) is 35.1 Å². The molecule has 0 amide bonds. The van der Waals surface area contributed by atoms with Crippen LogP contribution in [-0.4, -0.2) is 36.3 Å². The fourth-order valence-electron chi connectivity index (χ4n) is 8.71. The lowest BCUT2D eigenvalue weighted by Gasteiger charge is -2.42. The molecule has 6 aromatic rings. The molecule has 6 aromatic carbocycles.